The molecule has 1 spiro atoms. The molecule has 108 valence electrons. The lowest BCUT2D eigenvalue weighted by molar-refractivity contribution is -0.155. The maximum absolute atomic E-state index is 12.8. The van der Waals surface area contributed by atoms with E-state index in [4.69, 9.17) is 0 Å². The van der Waals surface area contributed by atoms with Gasteiger partial charge in [0, 0.05) is 6.54 Å². The summed E-state index contributed by atoms with van der Waals surface area (Å²) in [6.45, 7) is 4.87. The van der Waals surface area contributed by atoms with Crippen LogP contribution in [-0.4, -0.2) is 34.8 Å². The summed E-state index contributed by atoms with van der Waals surface area (Å²) in [6.07, 6.45) is 7.70. The van der Waals surface area contributed by atoms with Gasteiger partial charge in [-0.25, -0.2) is 0 Å². The molecule has 19 heavy (non-hydrogen) atoms. The van der Waals surface area contributed by atoms with E-state index in [1.807, 2.05) is 11.8 Å². The van der Waals surface area contributed by atoms with Crippen LogP contribution in [0.2, 0.25) is 0 Å². The molecule has 0 radical (unpaired) electrons. The van der Waals surface area contributed by atoms with Crippen LogP contribution in [0.4, 0.5) is 0 Å². The lowest BCUT2D eigenvalue weighted by atomic mass is 9.90. The van der Waals surface area contributed by atoms with Gasteiger partial charge in [0.1, 0.15) is 11.6 Å². The molecule has 0 aromatic rings. The first-order valence-corrected chi connectivity index (χ1v) is 7.77. The van der Waals surface area contributed by atoms with Gasteiger partial charge in [0.25, 0.3) is 0 Å². The van der Waals surface area contributed by atoms with Gasteiger partial charge in [-0.05, 0) is 25.7 Å². The normalized spacial score (nSPS) is 26.0. The van der Waals surface area contributed by atoms with Crippen LogP contribution in [0.5, 0.6) is 0 Å². The van der Waals surface area contributed by atoms with Crippen molar-refractivity contribution in [2.75, 3.05) is 6.54 Å². The molecule has 0 bridgehead atoms. The van der Waals surface area contributed by atoms with E-state index in [1.165, 1.54) is 0 Å². The fourth-order valence-corrected chi connectivity index (χ4v) is 3.44. The molecular formula is C15H26N2O2. The van der Waals surface area contributed by atoms with E-state index in [0.29, 0.717) is 6.42 Å². The maximum atomic E-state index is 12.8. The Bertz CT molecular complexity index is 348. The monoisotopic (exact) mass is 266 g/mol. The van der Waals surface area contributed by atoms with Gasteiger partial charge in [-0.1, -0.05) is 39.5 Å². The molecule has 4 nitrogen and oxygen atoms in total. The Balaban J connectivity index is 2.14. The number of unbranched alkanes of at least 4 members (excludes halogenated alkanes) is 2. The largest absolute Gasteiger partial charge is 0.340 e. The van der Waals surface area contributed by atoms with Crippen LogP contribution in [0.15, 0.2) is 0 Å². The number of carbonyl (C=O) groups is 2. The Kier molecular flexibility index (Phi) is 4.48. The third kappa shape index (κ3) is 2.63. The van der Waals surface area contributed by atoms with Crippen molar-refractivity contribution in [2.45, 2.75) is 76.8 Å². The third-order valence-corrected chi connectivity index (χ3v) is 4.56. The quantitative estimate of drug-likeness (QED) is 0.776. The predicted molar refractivity (Wildman–Crippen MR) is 74.7 cm³/mol. The predicted octanol–water partition coefficient (Wildman–Crippen LogP) is 2.23. The fourth-order valence-electron chi connectivity index (χ4n) is 3.44. The zero-order valence-corrected chi connectivity index (χ0v) is 12.2. The van der Waals surface area contributed by atoms with Crippen molar-refractivity contribution >= 4 is 11.8 Å². The summed E-state index contributed by atoms with van der Waals surface area (Å²) in [5.74, 6) is 0.230. The third-order valence-electron chi connectivity index (χ3n) is 4.56. The van der Waals surface area contributed by atoms with E-state index in [1.54, 1.807) is 0 Å². The fraction of sp³-hybridized carbons (Fsp3) is 0.867. The van der Waals surface area contributed by atoms with E-state index in [9.17, 15) is 9.59 Å². The zero-order valence-electron chi connectivity index (χ0n) is 12.2. The Hall–Kier alpha value is -1.06. The standard InChI is InChI=1S/C15H26N2O2/c1-3-5-8-11-17-12(4-2)13(18)16-15(14(17)19)9-6-7-10-15/h12H,3-11H2,1-2H3,(H,16,18). The molecule has 2 amide bonds. The average Bonchev–Trinajstić information content (AvgIpc) is 2.85. The molecule has 1 aliphatic carbocycles. The minimum Gasteiger partial charge on any atom is -0.340 e. The van der Waals surface area contributed by atoms with Gasteiger partial charge in [-0.2, -0.15) is 0 Å². The second kappa shape index (κ2) is 5.93. The molecule has 2 fully saturated rings. The number of rotatable bonds is 5. The van der Waals surface area contributed by atoms with Crippen LogP contribution >= 0.6 is 0 Å². The second-order valence-corrected chi connectivity index (χ2v) is 5.91. The zero-order chi connectivity index (χ0) is 13.9. The van der Waals surface area contributed by atoms with E-state index >= 15 is 0 Å². The highest BCUT2D eigenvalue weighted by Crippen LogP contribution is 2.35. The van der Waals surface area contributed by atoms with Crippen LogP contribution in [0.25, 0.3) is 0 Å². The van der Waals surface area contributed by atoms with Gasteiger partial charge in [0.15, 0.2) is 0 Å². The van der Waals surface area contributed by atoms with Gasteiger partial charge in [0.2, 0.25) is 11.8 Å². The molecule has 2 rings (SSSR count). The summed E-state index contributed by atoms with van der Waals surface area (Å²) >= 11 is 0. The first kappa shape index (κ1) is 14.4. The summed E-state index contributed by atoms with van der Waals surface area (Å²) in [4.78, 5) is 26.9. The molecule has 1 unspecified atom stereocenters. The van der Waals surface area contributed by atoms with Crippen molar-refractivity contribution in [3.8, 4) is 0 Å². The average molecular weight is 266 g/mol. The molecule has 0 aromatic carbocycles. The van der Waals surface area contributed by atoms with Crippen LogP contribution in [0.1, 0.15) is 65.2 Å². The van der Waals surface area contributed by atoms with Gasteiger partial charge in [-0.3, -0.25) is 9.59 Å². The number of amides is 2. The van der Waals surface area contributed by atoms with Gasteiger partial charge in [-0.15, -0.1) is 0 Å². The summed E-state index contributed by atoms with van der Waals surface area (Å²) in [5, 5.41) is 3.03. The highest BCUT2D eigenvalue weighted by molar-refractivity contribution is 6.00. The Morgan fingerprint density at radius 3 is 2.47 bits per heavy atom. The Labute approximate surface area is 115 Å². The number of piperazine rings is 1. The topological polar surface area (TPSA) is 49.4 Å². The molecule has 1 N–H and O–H groups in total. The Morgan fingerprint density at radius 1 is 1.21 bits per heavy atom. The second-order valence-electron chi connectivity index (χ2n) is 5.91. The number of nitrogens with zero attached hydrogens (tertiary/aromatic N) is 1. The van der Waals surface area contributed by atoms with E-state index in [0.717, 1.165) is 51.5 Å². The summed E-state index contributed by atoms with van der Waals surface area (Å²) < 4.78 is 0. The molecule has 1 heterocycles. The first-order chi connectivity index (χ1) is 9.14. The van der Waals surface area contributed by atoms with Gasteiger partial charge < -0.3 is 10.2 Å². The molecule has 1 atom stereocenters. The van der Waals surface area contributed by atoms with Gasteiger partial charge in [0.05, 0.1) is 0 Å². The number of hydrogen-bond donors (Lipinski definition) is 1. The number of hydrogen-bond acceptors (Lipinski definition) is 2. The van der Waals surface area contributed by atoms with Crippen molar-refractivity contribution < 1.29 is 9.59 Å². The summed E-state index contributed by atoms with van der Waals surface area (Å²) in [7, 11) is 0. The summed E-state index contributed by atoms with van der Waals surface area (Å²) in [6, 6.07) is -0.254. The maximum Gasteiger partial charge on any atom is 0.249 e. The summed E-state index contributed by atoms with van der Waals surface area (Å²) in [5.41, 5.74) is -0.561. The highest BCUT2D eigenvalue weighted by atomic mass is 16.2. The SMILES string of the molecule is CCCCCN1C(=O)C2(CCCC2)NC(=O)C1CC. The van der Waals surface area contributed by atoms with Crippen LogP contribution in [0, 0.1) is 0 Å². The van der Waals surface area contributed by atoms with E-state index < -0.39 is 5.54 Å². The molecule has 1 aliphatic heterocycles. The lowest BCUT2D eigenvalue weighted by Crippen LogP contribution is -2.69. The van der Waals surface area contributed by atoms with Crippen molar-refractivity contribution in [3.63, 3.8) is 0 Å². The molecule has 4 heteroatoms. The van der Waals surface area contributed by atoms with Crippen molar-refractivity contribution in [3.05, 3.63) is 0 Å². The molecule has 2 aliphatic rings. The minimum absolute atomic E-state index is 0.0560. The lowest BCUT2D eigenvalue weighted by Gasteiger charge is -2.44. The smallest absolute Gasteiger partial charge is 0.249 e. The Morgan fingerprint density at radius 2 is 1.89 bits per heavy atom. The molecule has 1 saturated carbocycles. The van der Waals surface area contributed by atoms with Crippen LogP contribution < -0.4 is 5.32 Å². The molecule has 1 saturated heterocycles. The first-order valence-electron chi connectivity index (χ1n) is 7.77. The van der Waals surface area contributed by atoms with Crippen LogP contribution in [0.3, 0.4) is 0 Å². The highest BCUT2D eigenvalue weighted by Gasteiger charge is 2.51. The number of carbonyl (C=O) groups excluding carboxylic acids is 2. The van der Waals surface area contributed by atoms with E-state index in [-0.39, 0.29) is 17.9 Å². The van der Waals surface area contributed by atoms with E-state index in [2.05, 4.69) is 12.2 Å². The minimum atomic E-state index is -0.561. The van der Waals surface area contributed by atoms with Crippen molar-refractivity contribution in [2.24, 2.45) is 0 Å². The number of nitrogens with one attached hydrogen (secondary N) is 1. The molecule has 0 aromatic heterocycles. The van der Waals surface area contributed by atoms with Crippen LogP contribution in [-0.2, 0) is 9.59 Å². The van der Waals surface area contributed by atoms with Gasteiger partial charge >= 0.3 is 0 Å². The van der Waals surface area contributed by atoms with Crippen molar-refractivity contribution in [1.29, 1.82) is 0 Å². The molecular weight excluding hydrogens is 240 g/mol. The van der Waals surface area contributed by atoms with Crippen molar-refractivity contribution in [1.82, 2.24) is 10.2 Å².